The molecule has 4 saturated carbocycles. The topological polar surface area (TPSA) is 108 Å². The summed E-state index contributed by atoms with van der Waals surface area (Å²) in [5.74, 6) is 1.08. The number of amides is 1. The van der Waals surface area contributed by atoms with Crippen LogP contribution >= 0.6 is 34.8 Å². The first-order valence-electron chi connectivity index (χ1n) is 12.7. The highest BCUT2D eigenvalue weighted by molar-refractivity contribution is 6.42. The Morgan fingerprint density at radius 2 is 1.87 bits per heavy atom. The molecule has 200 valence electrons. The van der Waals surface area contributed by atoms with E-state index in [-0.39, 0.29) is 27.7 Å². The highest BCUT2D eigenvalue weighted by atomic mass is 35.5. The summed E-state index contributed by atoms with van der Waals surface area (Å²) >= 11 is 18.4. The molecule has 12 heteroatoms. The summed E-state index contributed by atoms with van der Waals surface area (Å²) in [7, 11) is 0. The SMILES string of the molecule is Cc1c(Cl)c([N+](=O)[O-])nn1C12CC3CC(CC(CC(=O)Nc4ccn(Cc5ccc(Cl)c(Cl)c5)n4)(C3)C1)C2. The maximum Gasteiger partial charge on any atom is 0.408 e. The van der Waals surface area contributed by atoms with Crippen molar-refractivity contribution < 1.29 is 9.72 Å². The number of carbonyl (C=O) groups excluding carboxylic acids is 1. The van der Waals surface area contributed by atoms with Gasteiger partial charge in [-0.1, -0.05) is 40.9 Å². The summed E-state index contributed by atoms with van der Waals surface area (Å²) in [5.41, 5.74) is 1.07. The Balaban J connectivity index is 1.18. The van der Waals surface area contributed by atoms with E-state index in [2.05, 4.69) is 15.5 Å². The number of anilines is 1. The van der Waals surface area contributed by atoms with E-state index in [1.165, 1.54) is 0 Å². The molecule has 3 aromatic rings. The van der Waals surface area contributed by atoms with E-state index in [4.69, 9.17) is 34.8 Å². The second kappa shape index (κ2) is 9.24. The highest BCUT2D eigenvalue weighted by Crippen LogP contribution is 2.65. The number of halogens is 3. The van der Waals surface area contributed by atoms with Crippen molar-refractivity contribution in [2.75, 3.05) is 5.32 Å². The fourth-order valence-electron chi connectivity index (χ4n) is 7.77. The Bertz CT molecular complexity index is 1440. The molecule has 1 amide bonds. The van der Waals surface area contributed by atoms with E-state index >= 15 is 0 Å². The zero-order valence-electron chi connectivity index (χ0n) is 20.8. The minimum absolute atomic E-state index is 0.0666. The van der Waals surface area contributed by atoms with Gasteiger partial charge >= 0.3 is 5.82 Å². The van der Waals surface area contributed by atoms with E-state index in [1.807, 2.05) is 16.9 Å². The van der Waals surface area contributed by atoms with Crippen molar-refractivity contribution in [1.82, 2.24) is 19.6 Å². The minimum Gasteiger partial charge on any atom is -0.358 e. The van der Waals surface area contributed by atoms with Gasteiger partial charge in [0.25, 0.3) is 0 Å². The van der Waals surface area contributed by atoms with Crippen LogP contribution in [-0.2, 0) is 16.9 Å². The maximum absolute atomic E-state index is 13.3. The van der Waals surface area contributed by atoms with Crippen LogP contribution in [0.25, 0.3) is 0 Å². The first-order valence-corrected chi connectivity index (χ1v) is 13.9. The van der Waals surface area contributed by atoms with Crippen LogP contribution in [0, 0.1) is 34.3 Å². The van der Waals surface area contributed by atoms with Gasteiger partial charge in [0.2, 0.25) is 5.91 Å². The first-order chi connectivity index (χ1) is 18.0. The summed E-state index contributed by atoms with van der Waals surface area (Å²) in [6.45, 7) is 2.30. The molecule has 7 rings (SSSR count). The van der Waals surface area contributed by atoms with Crippen LogP contribution in [0.3, 0.4) is 0 Å². The molecule has 2 heterocycles. The lowest BCUT2D eigenvalue weighted by Gasteiger charge is -2.61. The molecule has 0 saturated heterocycles. The lowest BCUT2D eigenvalue weighted by atomic mass is 9.46. The van der Waals surface area contributed by atoms with Gasteiger partial charge in [-0.15, -0.1) is 0 Å². The smallest absolute Gasteiger partial charge is 0.358 e. The molecule has 0 aliphatic heterocycles. The van der Waals surface area contributed by atoms with E-state index < -0.39 is 4.92 Å². The molecule has 2 atom stereocenters. The average molecular weight is 578 g/mol. The standard InChI is InChI=1S/C26H27Cl3N6O3/c1-15-23(29)24(35(37)38)32-34(15)26-10-17-6-18(11-26)9-25(8-17,14-26)12-22(36)30-21-4-5-33(31-21)13-16-2-3-19(27)20(28)7-16/h2-5,7,17-18H,6,8-14H2,1H3,(H,30,31,36). The summed E-state index contributed by atoms with van der Waals surface area (Å²) in [6.07, 6.45) is 7.92. The Morgan fingerprint density at radius 1 is 1.13 bits per heavy atom. The fraction of sp³-hybridized carbons (Fsp3) is 0.500. The van der Waals surface area contributed by atoms with Crippen molar-refractivity contribution in [3.63, 3.8) is 0 Å². The van der Waals surface area contributed by atoms with Crippen molar-refractivity contribution in [2.45, 2.75) is 64.0 Å². The van der Waals surface area contributed by atoms with Crippen LogP contribution in [0.2, 0.25) is 15.1 Å². The predicted octanol–water partition coefficient (Wildman–Crippen LogP) is 6.63. The predicted molar refractivity (Wildman–Crippen MR) is 145 cm³/mol. The molecule has 1 N–H and O–H groups in total. The summed E-state index contributed by atoms with van der Waals surface area (Å²) < 4.78 is 3.56. The van der Waals surface area contributed by atoms with Crippen LogP contribution < -0.4 is 5.32 Å². The number of rotatable bonds is 7. The third kappa shape index (κ3) is 4.48. The molecule has 0 radical (unpaired) electrons. The molecular formula is C26H27Cl3N6O3. The van der Waals surface area contributed by atoms with Gasteiger partial charge < -0.3 is 15.4 Å². The number of nitro groups is 1. The van der Waals surface area contributed by atoms with Crippen LogP contribution in [0.5, 0.6) is 0 Å². The number of benzene rings is 1. The molecule has 38 heavy (non-hydrogen) atoms. The molecule has 4 fully saturated rings. The summed E-state index contributed by atoms with van der Waals surface area (Å²) in [5, 5.41) is 24.5. The number of carbonyl (C=O) groups is 1. The van der Waals surface area contributed by atoms with E-state index in [0.717, 1.165) is 44.1 Å². The third-order valence-electron chi connectivity index (χ3n) is 8.57. The molecule has 4 bridgehead atoms. The number of hydrogen-bond acceptors (Lipinski definition) is 5. The van der Waals surface area contributed by atoms with Crippen molar-refractivity contribution in [3.05, 3.63) is 66.9 Å². The van der Waals surface area contributed by atoms with Crippen LogP contribution in [-0.4, -0.2) is 30.4 Å². The second-order valence-corrected chi connectivity index (χ2v) is 12.6. The zero-order valence-corrected chi connectivity index (χ0v) is 23.1. The molecule has 9 nitrogen and oxygen atoms in total. The Morgan fingerprint density at radius 3 is 2.53 bits per heavy atom. The number of aromatic nitrogens is 4. The minimum atomic E-state index is -0.518. The molecule has 4 aliphatic carbocycles. The van der Waals surface area contributed by atoms with E-state index in [1.54, 1.807) is 29.8 Å². The lowest BCUT2D eigenvalue weighted by molar-refractivity contribution is -0.389. The Labute approximate surface area is 234 Å². The largest absolute Gasteiger partial charge is 0.408 e. The van der Waals surface area contributed by atoms with Gasteiger partial charge in [0.15, 0.2) is 10.8 Å². The maximum atomic E-state index is 13.3. The van der Waals surface area contributed by atoms with E-state index in [0.29, 0.717) is 46.4 Å². The third-order valence-corrected chi connectivity index (χ3v) is 9.75. The number of nitrogens with one attached hydrogen (secondary N) is 1. The van der Waals surface area contributed by atoms with Gasteiger partial charge in [-0.25, -0.2) is 0 Å². The highest BCUT2D eigenvalue weighted by Gasteiger charge is 2.60. The molecule has 4 aliphatic rings. The second-order valence-electron chi connectivity index (χ2n) is 11.4. The van der Waals surface area contributed by atoms with Gasteiger partial charge in [0, 0.05) is 18.7 Å². The lowest BCUT2D eigenvalue weighted by Crippen LogP contribution is -2.57. The monoisotopic (exact) mass is 576 g/mol. The summed E-state index contributed by atoms with van der Waals surface area (Å²) in [6, 6.07) is 7.22. The quantitative estimate of drug-likeness (QED) is 0.250. The van der Waals surface area contributed by atoms with E-state index in [9.17, 15) is 14.9 Å². The Kier molecular flexibility index (Phi) is 6.24. The van der Waals surface area contributed by atoms with Gasteiger partial charge in [-0.05, 0) is 85.3 Å². The van der Waals surface area contributed by atoms with Crippen molar-refractivity contribution in [1.29, 1.82) is 0 Å². The van der Waals surface area contributed by atoms with Crippen molar-refractivity contribution in [3.8, 4) is 0 Å². The van der Waals surface area contributed by atoms with Crippen LogP contribution in [0.15, 0.2) is 30.5 Å². The molecule has 0 spiro atoms. The zero-order chi connectivity index (χ0) is 26.8. The van der Waals surface area contributed by atoms with Crippen LogP contribution in [0.4, 0.5) is 11.6 Å². The molecular weight excluding hydrogens is 551 g/mol. The fourth-order valence-corrected chi connectivity index (χ4v) is 8.28. The number of nitrogens with zero attached hydrogens (tertiary/aromatic N) is 5. The van der Waals surface area contributed by atoms with Gasteiger partial charge in [0.1, 0.15) is 0 Å². The van der Waals surface area contributed by atoms with Crippen molar-refractivity contribution >= 4 is 52.3 Å². The summed E-state index contributed by atoms with van der Waals surface area (Å²) in [4.78, 5) is 24.3. The average Bonchev–Trinajstić information content (AvgIpc) is 3.38. The first kappa shape index (κ1) is 25.6. The molecule has 2 unspecified atom stereocenters. The van der Waals surface area contributed by atoms with Gasteiger partial charge in [0.05, 0.1) is 32.9 Å². The van der Waals surface area contributed by atoms with Crippen LogP contribution in [0.1, 0.15) is 56.2 Å². The van der Waals surface area contributed by atoms with Gasteiger partial charge in [-0.3, -0.25) is 9.48 Å². The Hall–Kier alpha value is -2.62. The molecule has 1 aromatic carbocycles. The molecule has 2 aromatic heterocycles. The van der Waals surface area contributed by atoms with Crippen molar-refractivity contribution in [2.24, 2.45) is 17.3 Å². The van der Waals surface area contributed by atoms with Gasteiger partial charge in [-0.2, -0.15) is 9.78 Å². The normalized spacial score (nSPS) is 27.6. The number of hydrogen-bond donors (Lipinski definition) is 1.